The predicted molar refractivity (Wildman–Crippen MR) is 110 cm³/mol. The zero-order chi connectivity index (χ0) is 21.8. The second kappa shape index (κ2) is 9.07. The van der Waals surface area contributed by atoms with E-state index in [-0.39, 0.29) is 28.8 Å². The highest BCUT2D eigenvalue weighted by molar-refractivity contribution is 6.05. The van der Waals surface area contributed by atoms with Gasteiger partial charge in [0.1, 0.15) is 5.82 Å². The van der Waals surface area contributed by atoms with Crippen molar-refractivity contribution in [3.63, 3.8) is 0 Å². The summed E-state index contributed by atoms with van der Waals surface area (Å²) in [4.78, 5) is 31.2. The monoisotopic (exact) mass is 423 g/mol. The van der Waals surface area contributed by atoms with Crippen molar-refractivity contribution < 1.29 is 23.2 Å². The summed E-state index contributed by atoms with van der Waals surface area (Å²) in [6, 6.07) is 12.9. The fourth-order valence-corrected chi connectivity index (χ4v) is 3.88. The van der Waals surface area contributed by atoms with Gasteiger partial charge in [-0.2, -0.15) is 4.98 Å². The number of likely N-dealkylation sites (tertiary alicyclic amines) is 1. The van der Waals surface area contributed by atoms with E-state index in [1.165, 1.54) is 13.2 Å². The van der Waals surface area contributed by atoms with E-state index in [0.29, 0.717) is 31.0 Å². The van der Waals surface area contributed by atoms with Crippen molar-refractivity contribution in [2.24, 2.45) is 5.92 Å². The van der Waals surface area contributed by atoms with Crippen LogP contribution in [0.25, 0.3) is 11.4 Å². The Balaban J connectivity index is 1.46. The fraction of sp³-hybridized carbons (Fsp3) is 0.304. The lowest BCUT2D eigenvalue weighted by atomic mass is 9.94. The minimum absolute atomic E-state index is 0.122. The summed E-state index contributed by atoms with van der Waals surface area (Å²) in [7, 11) is 1.29. The number of benzene rings is 2. The molecule has 1 fully saturated rings. The molecule has 1 unspecified atom stereocenters. The van der Waals surface area contributed by atoms with Gasteiger partial charge in [0.05, 0.1) is 23.8 Å². The third-order valence-corrected chi connectivity index (χ3v) is 5.42. The Morgan fingerprint density at radius 1 is 1.16 bits per heavy atom. The van der Waals surface area contributed by atoms with Gasteiger partial charge in [0.15, 0.2) is 0 Å². The average Bonchev–Trinajstić information content (AvgIpc) is 3.26. The van der Waals surface area contributed by atoms with Crippen molar-refractivity contribution in [3.05, 3.63) is 71.4 Å². The summed E-state index contributed by atoms with van der Waals surface area (Å²) in [5.41, 5.74) is 0.871. The van der Waals surface area contributed by atoms with Crippen LogP contribution in [0, 0.1) is 11.7 Å². The van der Waals surface area contributed by atoms with Crippen molar-refractivity contribution in [1.82, 2.24) is 15.0 Å². The first-order valence-electron chi connectivity index (χ1n) is 10.1. The molecule has 1 atom stereocenters. The molecule has 4 rings (SSSR count). The molecule has 1 aliphatic heterocycles. The Morgan fingerprint density at radius 2 is 1.90 bits per heavy atom. The predicted octanol–water partition coefficient (Wildman–Crippen LogP) is 3.76. The lowest BCUT2D eigenvalue weighted by Gasteiger charge is -2.32. The van der Waals surface area contributed by atoms with Gasteiger partial charge in [-0.15, -0.1) is 0 Å². The number of nitrogens with zero attached hydrogens (tertiary/aromatic N) is 3. The number of rotatable bonds is 5. The van der Waals surface area contributed by atoms with Crippen LogP contribution in [0.4, 0.5) is 4.39 Å². The van der Waals surface area contributed by atoms with E-state index >= 15 is 0 Å². The molecule has 1 aromatic heterocycles. The number of ether oxygens (including phenoxy) is 1. The third kappa shape index (κ3) is 4.47. The van der Waals surface area contributed by atoms with E-state index in [0.717, 1.165) is 12.8 Å². The SMILES string of the molecule is COC(=O)c1ccccc1C(=O)N1CCCC(Cc2nc(-c3ccccc3F)no2)C1. The van der Waals surface area contributed by atoms with Crippen LogP contribution in [-0.2, 0) is 11.2 Å². The molecule has 31 heavy (non-hydrogen) atoms. The normalized spacial score (nSPS) is 16.2. The highest BCUT2D eigenvalue weighted by Gasteiger charge is 2.28. The summed E-state index contributed by atoms with van der Waals surface area (Å²) in [5.74, 6) is -0.408. The number of hydrogen-bond acceptors (Lipinski definition) is 6. The first-order chi connectivity index (χ1) is 15.1. The molecule has 1 aliphatic rings. The Morgan fingerprint density at radius 3 is 2.68 bits per heavy atom. The van der Waals surface area contributed by atoms with Crippen LogP contribution in [0.3, 0.4) is 0 Å². The van der Waals surface area contributed by atoms with Crippen molar-refractivity contribution >= 4 is 11.9 Å². The van der Waals surface area contributed by atoms with Gasteiger partial charge in [0, 0.05) is 19.5 Å². The highest BCUT2D eigenvalue weighted by Crippen LogP contribution is 2.25. The van der Waals surface area contributed by atoms with Gasteiger partial charge in [-0.25, -0.2) is 9.18 Å². The van der Waals surface area contributed by atoms with Crippen LogP contribution < -0.4 is 0 Å². The van der Waals surface area contributed by atoms with E-state index in [4.69, 9.17) is 9.26 Å². The maximum absolute atomic E-state index is 14.0. The Hall–Kier alpha value is -3.55. The summed E-state index contributed by atoms with van der Waals surface area (Å²) < 4.78 is 24.1. The minimum Gasteiger partial charge on any atom is -0.465 e. The zero-order valence-electron chi connectivity index (χ0n) is 17.1. The average molecular weight is 423 g/mol. The van der Waals surface area contributed by atoms with Gasteiger partial charge >= 0.3 is 5.97 Å². The highest BCUT2D eigenvalue weighted by atomic mass is 19.1. The number of halogens is 1. The van der Waals surface area contributed by atoms with Crippen LogP contribution in [0.15, 0.2) is 53.1 Å². The number of hydrogen-bond donors (Lipinski definition) is 0. The number of methoxy groups -OCH3 is 1. The molecular formula is C23H22FN3O4. The molecule has 1 saturated heterocycles. The third-order valence-electron chi connectivity index (χ3n) is 5.42. The fourth-order valence-electron chi connectivity index (χ4n) is 3.88. The molecule has 0 saturated carbocycles. The topological polar surface area (TPSA) is 85.5 Å². The molecule has 8 heteroatoms. The second-order valence-electron chi connectivity index (χ2n) is 7.49. The Kier molecular flexibility index (Phi) is 6.06. The number of esters is 1. The lowest BCUT2D eigenvalue weighted by Crippen LogP contribution is -2.41. The van der Waals surface area contributed by atoms with Crippen LogP contribution in [0.1, 0.15) is 39.4 Å². The van der Waals surface area contributed by atoms with Crippen LogP contribution >= 0.6 is 0 Å². The molecule has 2 aromatic carbocycles. The van der Waals surface area contributed by atoms with Gasteiger partial charge in [-0.3, -0.25) is 4.79 Å². The molecule has 0 spiro atoms. The standard InChI is InChI=1S/C23H22FN3O4/c1-30-23(29)17-9-3-2-8-16(17)22(28)27-12-6-7-15(14-27)13-20-25-21(26-31-20)18-10-4-5-11-19(18)24/h2-5,8-11,15H,6-7,12-14H2,1H3. The van der Waals surface area contributed by atoms with Gasteiger partial charge in [0.2, 0.25) is 11.7 Å². The lowest BCUT2D eigenvalue weighted by molar-refractivity contribution is 0.0581. The molecule has 0 radical (unpaired) electrons. The van der Waals surface area contributed by atoms with E-state index in [1.807, 2.05) is 0 Å². The molecule has 7 nitrogen and oxygen atoms in total. The molecule has 1 amide bonds. The molecule has 160 valence electrons. The zero-order valence-corrected chi connectivity index (χ0v) is 17.1. The molecule has 0 aliphatic carbocycles. The van der Waals surface area contributed by atoms with Crippen molar-refractivity contribution in [2.75, 3.05) is 20.2 Å². The van der Waals surface area contributed by atoms with Gasteiger partial charge in [-0.1, -0.05) is 29.4 Å². The van der Waals surface area contributed by atoms with E-state index in [2.05, 4.69) is 10.1 Å². The first-order valence-corrected chi connectivity index (χ1v) is 10.1. The van der Waals surface area contributed by atoms with Gasteiger partial charge < -0.3 is 14.2 Å². The number of carbonyl (C=O) groups is 2. The summed E-state index contributed by atoms with van der Waals surface area (Å²) in [6.07, 6.45) is 2.22. The second-order valence-corrected chi connectivity index (χ2v) is 7.49. The Bertz CT molecular complexity index is 1100. The largest absolute Gasteiger partial charge is 0.465 e. The van der Waals surface area contributed by atoms with Crippen LogP contribution in [0.5, 0.6) is 0 Å². The summed E-state index contributed by atoms with van der Waals surface area (Å²) in [5, 5.41) is 3.90. The molecule has 0 N–H and O–H groups in total. The van der Waals surface area contributed by atoms with Crippen molar-refractivity contribution in [3.8, 4) is 11.4 Å². The molecule has 3 aromatic rings. The smallest absolute Gasteiger partial charge is 0.338 e. The number of carbonyl (C=O) groups excluding carboxylic acids is 2. The van der Waals surface area contributed by atoms with Gasteiger partial charge in [0.25, 0.3) is 5.91 Å². The quantitative estimate of drug-likeness (QED) is 0.581. The summed E-state index contributed by atoms with van der Waals surface area (Å²) in [6.45, 7) is 1.11. The minimum atomic E-state index is -0.538. The Labute approximate surface area is 178 Å². The van der Waals surface area contributed by atoms with E-state index < -0.39 is 11.8 Å². The molecule has 0 bridgehead atoms. The number of aromatic nitrogens is 2. The van der Waals surface area contributed by atoms with Crippen LogP contribution in [0.2, 0.25) is 0 Å². The molecule has 2 heterocycles. The van der Waals surface area contributed by atoms with Crippen LogP contribution in [-0.4, -0.2) is 47.1 Å². The number of piperidine rings is 1. The maximum Gasteiger partial charge on any atom is 0.338 e. The summed E-state index contributed by atoms with van der Waals surface area (Å²) >= 11 is 0. The van der Waals surface area contributed by atoms with E-state index in [1.54, 1.807) is 47.4 Å². The van der Waals surface area contributed by atoms with Crippen molar-refractivity contribution in [2.45, 2.75) is 19.3 Å². The first kappa shape index (κ1) is 20.7. The van der Waals surface area contributed by atoms with Gasteiger partial charge in [-0.05, 0) is 43.0 Å². The van der Waals surface area contributed by atoms with E-state index in [9.17, 15) is 14.0 Å². The van der Waals surface area contributed by atoms with Crippen molar-refractivity contribution in [1.29, 1.82) is 0 Å². The maximum atomic E-state index is 14.0. The molecular weight excluding hydrogens is 401 g/mol. The number of amides is 1.